The predicted molar refractivity (Wildman–Crippen MR) is 75.8 cm³/mol. The molecule has 18 heavy (non-hydrogen) atoms. The lowest BCUT2D eigenvalue weighted by molar-refractivity contribution is 0.533. The highest BCUT2D eigenvalue weighted by Crippen LogP contribution is 2.19. The molecule has 1 fully saturated rings. The van der Waals surface area contributed by atoms with E-state index in [1.807, 2.05) is 6.20 Å². The molecule has 94 valence electrons. The van der Waals surface area contributed by atoms with E-state index in [1.54, 1.807) is 0 Å². The number of hydrogen-bond donors (Lipinski definition) is 1. The van der Waals surface area contributed by atoms with Gasteiger partial charge < -0.3 is 5.32 Å². The first-order valence-electron chi connectivity index (χ1n) is 6.87. The van der Waals surface area contributed by atoms with E-state index in [0.717, 1.165) is 11.4 Å². The fourth-order valence-corrected chi connectivity index (χ4v) is 2.78. The van der Waals surface area contributed by atoms with Gasteiger partial charge in [0.2, 0.25) is 0 Å². The Morgan fingerprint density at radius 2 is 2.28 bits per heavy atom. The van der Waals surface area contributed by atoms with Crippen LogP contribution in [0.5, 0.6) is 0 Å². The molecule has 1 aromatic heterocycles. The van der Waals surface area contributed by atoms with Crippen molar-refractivity contribution in [3.63, 3.8) is 0 Å². The number of nitrogens with one attached hydrogen (secondary N) is 1. The van der Waals surface area contributed by atoms with Crippen molar-refractivity contribution < 1.29 is 0 Å². The van der Waals surface area contributed by atoms with Crippen LogP contribution in [0.25, 0.3) is 10.9 Å². The average Bonchev–Trinajstić information content (AvgIpc) is 2.89. The monoisotopic (exact) mass is 240 g/mol. The van der Waals surface area contributed by atoms with Gasteiger partial charge in [-0.2, -0.15) is 0 Å². The number of aryl methyl sites for hydroxylation is 2. The summed E-state index contributed by atoms with van der Waals surface area (Å²) in [5.74, 6) is 0.872. The number of fused-ring (bicyclic) bond motifs is 1. The van der Waals surface area contributed by atoms with E-state index in [2.05, 4.69) is 41.5 Å². The van der Waals surface area contributed by atoms with Crippen molar-refractivity contribution in [2.45, 2.75) is 26.2 Å². The third-order valence-electron chi connectivity index (χ3n) is 3.89. The maximum Gasteiger partial charge on any atom is 0.0702 e. The molecule has 0 radical (unpaired) electrons. The van der Waals surface area contributed by atoms with Gasteiger partial charge in [0.05, 0.1) is 5.52 Å². The highest BCUT2D eigenvalue weighted by Gasteiger charge is 2.13. The number of benzene rings is 1. The van der Waals surface area contributed by atoms with Crippen LogP contribution in [0, 0.1) is 12.8 Å². The average molecular weight is 240 g/mol. The maximum atomic E-state index is 4.45. The molecule has 2 aromatic rings. The van der Waals surface area contributed by atoms with Crippen LogP contribution in [0.15, 0.2) is 30.5 Å². The molecule has 0 spiro atoms. The lowest BCUT2D eigenvalue weighted by Crippen LogP contribution is -2.09. The van der Waals surface area contributed by atoms with Crippen LogP contribution in [0.4, 0.5) is 0 Å². The summed E-state index contributed by atoms with van der Waals surface area (Å²) in [5.41, 5.74) is 3.79. The number of pyridine rings is 1. The first kappa shape index (κ1) is 11.7. The third-order valence-corrected chi connectivity index (χ3v) is 3.89. The van der Waals surface area contributed by atoms with Crippen molar-refractivity contribution >= 4 is 10.9 Å². The minimum atomic E-state index is 0.872. The van der Waals surface area contributed by atoms with Gasteiger partial charge in [-0.15, -0.1) is 0 Å². The summed E-state index contributed by atoms with van der Waals surface area (Å²) in [7, 11) is 0. The van der Waals surface area contributed by atoms with E-state index in [9.17, 15) is 0 Å². The van der Waals surface area contributed by atoms with E-state index >= 15 is 0 Å². The van der Waals surface area contributed by atoms with E-state index in [-0.39, 0.29) is 0 Å². The summed E-state index contributed by atoms with van der Waals surface area (Å²) in [6, 6.07) is 8.91. The Kier molecular flexibility index (Phi) is 3.28. The molecule has 1 unspecified atom stereocenters. The predicted octanol–water partition coefficient (Wildman–Crippen LogP) is 3.09. The van der Waals surface area contributed by atoms with Crippen LogP contribution >= 0.6 is 0 Å². The minimum absolute atomic E-state index is 0.872. The van der Waals surface area contributed by atoms with Gasteiger partial charge in [0.15, 0.2) is 0 Å². The highest BCUT2D eigenvalue weighted by atomic mass is 14.9. The molecule has 2 heteroatoms. The fraction of sp³-hybridized carbons (Fsp3) is 0.438. The van der Waals surface area contributed by atoms with Crippen LogP contribution < -0.4 is 5.32 Å². The molecule has 1 aliphatic heterocycles. The normalized spacial score (nSPS) is 19.5. The van der Waals surface area contributed by atoms with Crippen molar-refractivity contribution in [2.24, 2.45) is 5.92 Å². The molecular weight excluding hydrogens is 220 g/mol. The number of aromatic nitrogens is 1. The lowest BCUT2D eigenvalue weighted by Gasteiger charge is -2.08. The zero-order chi connectivity index (χ0) is 12.4. The van der Waals surface area contributed by atoms with Gasteiger partial charge in [-0.3, -0.25) is 4.98 Å². The Labute approximate surface area is 108 Å². The van der Waals surface area contributed by atoms with Crippen molar-refractivity contribution in [2.75, 3.05) is 13.1 Å². The van der Waals surface area contributed by atoms with Crippen LogP contribution in [0.1, 0.15) is 24.0 Å². The second kappa shape index (κ2) is 5.07. The van der Waals surface area contributed by atoms with Gasteiger partial charge in [0, 0.05) is 11.6 Å². The van der Waals surface area contributed by atoms with E-state index in [0.29, 0.717) is 0 Å². The Morgan fingerprint density at radius 3 is 3.11 bits per heavy atom. The SMILES string of the molecule is Cc1cnc2ccc(CCC3CCNC3)cc2c1. The molecule has 2 heterocycles. The molecule has 0 bridgehead atoms. The largest absolute Gasteiger partial charge is 0.316 e. The fourth-order valence-electron chi connectivity index (χ4n) is 2.78. The highest BCUT2D eigenvalue weighted by molar-refractivity contribution is 5.79. The summed E-state index contributed by atoms with van der Waals surface area (Å²) in [6.07, 6.45) is 5.77. The number of nitrogens with zero attached hydrogens (tertiary/aromatic N) is 1. The molecular formula is C16H20N2. The first-order valence-corrected chi connectivity index (χ1v) is 6.87. The Balaban J connectivity index is 1.75. The second-order valence-electron chi connectivity index (χ2n) is 5.44. The third kappa shape index (κ3) is 2.54. The van der Waals surface area contributed by atoms with Crippen molar-refractivity contribution in [3.8, 4) is 0 Å². The van der Waals surface area contributed by atoms with E-state index in [4.69, 9.17) is 0 Å². The molecule has 0 amide bonds. The zero-order valence-electron chi connectivity index (χ0n) is 10.9. The molecule has 1 aromatic carbocycles. The maximum absolute atomic E-state index is 4.45. The molecule has 0 aliphatic carbocycles. The molecule has 3 rings (SSSR count). The van der Waals surface area contributed by atoms with Crippen LogP contribution in [-0.2, 0) is 6.42 Å². The van der Waals surface area contributed by atoms with Gasteiger partial charge in [0.25, 0.3) is 0 Å². The molecule has 1 aliphatic rings. The Morgan fingerprint density at radius 1 is 1.33 bits per heavy atom. The zero-order valence-corrected chi connectivity index (χ0v) is 10.9. The summed E-state index contributed by atoms with van der Waals surface area (Å²) < 4.78 is 0. The van der Waals surface area contributed by atoms with Gasteiger partial charge in [0.1, 0.15) is 0 Å². The van der Waals surface area contributed by atoms with Crippen LogP contribution in [0.2, 0.25) is 0 Å². The molecule has 0 saturated carbocycles. The quantitative estimate of drug-likeness (QED) is 0.891. The molecule has 1 saturated heterocycles. The van der Waals surface area contributed by atoms with Crippen LogP contribution in [0.3, 0.4) is 0 Å². The smallest absolute Gasteiger partial charge is 0.0702 e. The van der Waals surface area contributed by atoms with Crippen molar-refractivity contribution in [1.82, 2.24) is 10.3 Å². The van der Waals surface area contributed by atoms with Gasteiger partial charge in [-0.05, 0) is 74.5 Å². The molecule has 1 N–H and O–H groups in total. The van der Waals surface area contributed by atoms with Gasteiger partial charge in [-0.25, -0.2) is 0 Å². The second-order valence-corrected chi connectivity index (χ2v) is 5.44. The molecule has 1 atom stereocenters. The molecule has 2 nitrogen and oxygen atoms in total. The van der Waals surface area contributed by atoms with E-state index < -0.39 is 0 Å². The van der Waals surface area contributed by atoms with E-state index in [1.165, 1.54) is 48.9 Å². The standard InChI is InChI=1S/C16H20N2/c1-12-8-15-9-13(4-5-16(15)18-10-12)2-3-14-6-7-17-11-14/h4-5,8-10,14,17H,2-3,6-7,11H2,1H3. The van der Waals surface area contributed by atoms with Crippen molar-refractivity contribution in [1.29, 1.82) is 0 Å². The summed E-state index contributed by atoms with van der Waals surface area (Å²) >= 11 is 0. The lowest BCUT2D eigenvalue weighted by atomic mass is 9.98. The van der Waals surface area contributed by atoms with Crippen molar-refractivity contribution in [3.05, 3.63) is 41.6 Å². The van der Waals surface area contributed by atoms with Gasteiger partial charge in [-0.1, -0.05) is 6.07 Å². The number of rotatable bonds is 3. The first-order chi connectivity index (χ1) is 8.81. The summed E-state index contributed by atoms with van der Waals surface area (Å²) in [5, 5.41) is 4.71. The minimum Gasteiger partial charge on any atom is -0.316 e. The Hall–Kier alpha value is -1.41. The van der Waals surface area contributed by atoms with Crippen LogP contribution in [-0.4, -0.2) is 18.1 Å². The number of hydrogen-bond acceptors (Lipinski definition) is 2. The van der Waals surface area contributed by atoms with Gasteiger partial charge >= 0.3 is 0 Å². The summed E-state index contributed by atoms with van der Waals surface area (Å²) in [4.78, 5) is 4.45. The Bertz CT molecular complexity index is 542. The summed E-state index contributed by atoms with van der Waals surface area (Å²) in [6.45, 7) is 4.50. The topological polar surface area (TPSA) is 24.9 Å².